The Bertz CT molecular complexity index is 2450. The average Bonchev–Trinajstić information content (AvgIpc) is 3.46. The Morgan fingerprint density at radius 1 is 0.395 bits per heavy atom. The molecule has 0 atom stereocenters. The Morgan fingerprint density at radius 2 is 0.930 bits per heavy atom. The summed E-state index contributed by atoms with van der Waals surface area (Å²) in [7, 11) is 0. The molecular formula is C41H25NSe. The average molecular weight is 611 g/mol. The molecule has 200 valence electrons. The summed E-state index contributed by atoms with van der Waals surface area (Å²) >= 11 is 0.263. The Morgan fingerprint density at radius 3 is 1.63 bits per heavy atom. The molecule has 0 aliphatic heterocycles. The molecule has 2 heterocycles. The van der Waals surface area contributed by atoms with Crippen LogP contribution in [0.25, 0.3) is 85.1 Å². The zero-order valence-corrected chi connectivity index (χ0v) is 25.0. The molecule has 9 rings (SSSR count). The van der Waals surface area contributed by atoms with E-state index in [0.29, 0.717) is 0 Å². The van der Waals surface area contributed by atoms with Gasteiger partial charge in [0.05, 0.1) is 0 Å². The predicted octanol–water partition coefficient (Wildman–Crippen LogP) is 10.9. The van der Waals surface area contributed by atoms with Crippen LogP contribution in [-0.2, 0) is 0 Å². The Hall–Kier alpha value is -5.01. The Kier molecular flexibility index (Phi) is 5.59. The predicted molar refractivity (Wildman–Crippen MR) is 185 cm³/mol. The van der Waals surface area contributed by atoms with Crippen molar-refractivity contribution < 1.29 is 0 Å². The van der Waals surface area contributed by atoms with E-state index < -0.39 is 0 Å². The van der Waals surface area contributed by atoms with Crippen LogP contribution in [0.4, 0.5) is 0 Å². The first-order valence-electron chi connectivity index (χ1n) is 14.6. The summed E-state index contributed by atoms with van der Waals surface area (Å²) < 4.78 is 2.83. The second-order valence-electron chi connectivity index (χ2n) is 11.1. The SMILES string of the molecule is c1ccc2cc(-c3c4ccccc4c(-c4ccc(-c5nccc6c5[se]c5ccccc56)cc4)c4ccccc34)ccc2c1. The van der Waals surface area contributed by atoms with E-state index in [-0.39, 0.29) is 14.5 Å². The molecular weight excluding hydrogens is 585 g/mol. The van der Waals surface area contributed by atoms with Crippen LogP contribution >= 0.6 is 0 Å². The molecule has 0 N–H and O–H groups in total. The monoisotopic (exact) mass is 611 g/mol. The third-order valence-electron chi connectivity index (χ3n) is 8.71. The molecule has 0 saturated heterocycles. The summed E-state index contributed by atoms with van der Waals surface area (Å²) in [5, 5.41) is 10.3. The molecule has 0 radical (unpaired) electrons. The van der Waals surface area contributed by atoms with Crippen molar-refractivity contribution in [2.75, 3.05) is 0 Å². The number of pyridine rings is 1. The molecule has 2 heteroatoms. The summed E-state index contributed by atoms with van der Waals surface area (Å²) in [4.78, 5) is 4.89. The smallest absolute Gasteiger partial charge is 0.0544 e. The van der Waals surface area contributed by atoms with Crippen molar-refractivity contribution in [2.24, 2.45) is 0 Å². The maximum atomic E-state index is 4.89. The van der Waals surface area contributed by atoms with Gasteiger partial charge < -0.3 is 0 Å². The second kappa shape index (κ2) is 9.78. The van der Waals surface area contributed by atoms with Crippen LogP contribution in [0.2, 0.25) is 0 Å². The van der Waals surface area contributed by atoms with Crippen molar-refractivity contribution in [3.8, 4) is 33.5 Å². The summed E-state index contributed by atoms with van der Waals surface area (Å²) in [5.41, 5.74) is 7.34. The van der Waals surface area contributed by atoms with Gasteiger partial charge in [-0.2, -0.15) is 0 Å². The van der Waals surface area contributed by atoms with Crippen molar-refractivity contribution in [3.63, 3.8) is 0 Å². The van der Waals surface area contributed by atoms with E-state index in [2.05, 4.69) is 146 Å². The van der Waals surface area contributed by atoms with E-state index in [1.165, 1.54) is 79.4 Å². The standard InChI is InChI=1S/C41H25NSe/c1-2-10-29-25-30(22-17-26(29)9-1)39-34-14-5-3-12-32(34)38(33-13-4-6-15-35(33)39)27-18-20-28(21-19-27)40-41-36(23-24-42-40)31-11-7-8-16-37(31)43-41/h1-25H. The number of aromatic nitrogens is 1. The van der Waals surface area contributed by atoms with Gasteiger partial charge in [0.15, 0.2) is 0 Å². The molecule has 9 aromatic rings. The van der Waals surface area contributed by atoms with Crippen LogP contribution in [0.5, 0.6) is 0 Å². The molecule has 1 nitrogen and oxygen atoms in total. The maximum absolute atomic E-state index is 4.89. The number of nitrogens with zero attached hydrogens (tertiary/aromatic N) is 1. The molecule has 0 bridgehead atoms. The summed E-state index contributed by atoms with van der Waals surface area (Å²) in [6.45, 7) is 0. The Balaban J connectivity index is 1.25. The minimum Gasteiger partial charge on any atom is -0.0544 e. The van der Waals surface area contributed by atoms with Gasteiger partial charge in [0.1, 0.15) is 0 Å². The summed E-state index contributed by atoms with van der Waals surface area (Å²) in [5.74, 6) is 0. The molecule has 7 aromatic carbocycles. The molecule has 0 spiro atoms. The first-order chi connectivity index (χ1) is 21.3. The number of hydrogen-bond donors (Lipinski definition) is 0. The number of rotatable bonds is 3. The summed E-state index contributed by atoms with van der Waals surface area (Å²) in [6, 6.07) is 53.3. The van der Waals surface area contributed by atoms with Crippen LogP contribution in [0.15, 0.2) is 152 Å². The summed E-state index contributed by atoms with van der Waals surface area (Å²) in [6.07, 6.45) is 1.97. The van der Waals surface area contributed by atoms with E-state index in [1.54, 1.807) is 0 Å². The molecule has 2 aromatic heterocycles. The van der Waals surface area contributed by atoms with Crippen LogP contribution in [0.1, 0.15) is 0 Å². The van der Waals surface area contributed by atoms with Gasteiger partial charge >= 0.3 is 215 Å². The van der Waals surface area contributed by atoms with E-state index in [4.69, 9.17) is 4.98 Å². The molecule has 0 aliphatic carbocycles. The molecule has 0 saturated carbocycles. The third-order valence-corrected chi connectivity index (χ3v) is 11.2. The minimum absolute atomic E-state index is 0.263. The van der Waals surface area contributed by atoms with Crippen LogP contribution in [0.3, 0.4) is 0 Å². The number of benzene rings is 7. The molecule has 0 aliphatic rings. The normalized spacial score (nSPS) is 11.7. The van der Waals surface area contributed by atoms with Crippen molar-refractivity contribution in [2.45, 2.75) is 0 Å². The van der Waals surface area contributed by atoms with Gasteiger partial charge in [0.25, 0.3) is 0 Å². The fourth-order valence-electron chi connectivity index (χ4n) is 6.75. The topological polar surface area (TPSA) is 12.9 Å². The van der Waals surface area contributed by atoms with Gasteiger partial charge in [0.2, 0.25) is 0 Å². The number of hydrogen-bond acceptors (Lipinski definition) is 1. The third kappa shape index (κ3) is 3.88. The van der Waals surface area contributed by atoms with E-state index in [9.17, 15) is 0 Å². The van der Waals surface area contributed by atoms with Crippen molar-refractivity contribution in [1.82, 2.24) is 4.98 Å². The van der Waals surface area contributed by atoms with Crippen LogP contribution in [0, 0.1) is 0 Å². The van der Waals surface area contributed by atoms with Gasteiger partial charge in [-0.1, -0.05) is 30.3 Å². The number of fused-ring (bicyclic) bond motifs is 6. The zero-order valence-electron chi connectivity index (χ0n) is 23.3. The van der Waals surface area contributed by atoms with Gasteiger partial charge in [-0.15, -0.1) is 0 Å². The zero-order chi connectivity index (χ0) is 28.3. The molecule has 43 heavy (non-hydrogen) atoms. The van der Waals surface area contributed by atoms with Crippen LogP contribution in [-0.4, -0.2) is 19.5 Å². The van der Waals surface area contributed by atoms with Crippen LogP contribution < -0.4 is 0 Å². The van der Waals surface area contributed by atoms with Gasteiger partial charge in [-0.3, -0.25) is 0 Å². The van der Waals surface area contributed by atoms with Gasteiger partial charge in [-0.05, 0) is 10.8 Å². The molecule has 0 fully saturated rings. The second-order valence-corrected chi connectivity index (χ2v) is 13.3. The first kappa shape index (κ1) is 24.6. The van der Waals surface area contributed by atoms with Gasteiger partial charge in [-0.25, -0.2) is 0 Å². The van der Waals surface area contributed by atoms with Crippen molar-refractivity contribution in [3.05, 3.63) is 152 Å². The van der Waals surface area contributed by atoms with E-state index in [0.717, 1.165) is 5.69 Å². The van der Waals surface area contributed by atoms with E-state index in [1.807, 2.05) is 6.20 Å². The fraction of sp³-hybridized carbons (Fsp3) is 0. The van der Waals surface area contributed by atoms with Crippen molar-refractivity contribution in [1.29, 1.82) is 0 Å². The Labute approximate surface area is 255 Å². The van der Waals surface area contributed by atoms with Gasteiger partial charge in [0, 0.05) is 0 Å². The molecule has 0 amide bonds. The van der Waals surface area contributed by atoms with Crippen molar-refractivity contribution >= 4 is 66.1 Å². The minimum atomic E-state index is 0.263. The fourth-order valence-corrected chi connectivity index (χ4v) is 9.29. The molecule has 0 unspecified atom stereocenters. The quantitative estimate of drug-likeness (QED) is 0.143. The van der Waals surface area contributed by atoms with E-state index >= 15 is 0 Å². The first-order valence-corrected chi connectivity index (χ1v) is 16.3.